The lowest BCUT2D eigenvalue weighted by Crippen LogP contribution is -2.46. The zero-order chi connectivity index (χ0) is 14.0. The van der Waals surface area contributed by atoms with Gasteiger partial charge in [-0.15, -0.1) is 0 Å². The predicted molar refractivity (Wildman–Crippen MR) is 78.3 cm³/mol. The average molecular weight is 262 g/mol. The third kappa shape index (κ3) is 2.76. The topological polar surface area (TPSA) is 48.1 Å². The van der Waals surface area contributed by atoms with Crippen molar-refractivity contribution in [1.82, 2.24) is 4.98 Å². The highest BCUT2D eigenvalue weighted by Crippen LogP contribution is 2.43. The third-order valence-electron chi connectivity index (χ3n) is 4.69. The number of pyridine rings is 1. The van der Waals surface area contributed by atoms with Gasteiger partial charge in [-0.05, 0) is 36.8 Å². The molecule has 106 valence electrons. The van der Waals surface area contributed by atoms with Gasteiger partial charge in [0.05, 0.1) is 12.8 Å². The van der Waals surface area contributed by atoms with Crippen molar-refractivity contribution in [2.45, 2.75) is 51.5 Å². The maximum Gasteiger partial charge on any atom is 0.140 e. The first-order valence-electron chi connectivity index (χ1n) is 7.22. The Balaban J connectivity index is 2.31. The minimum atomic E-state index is -0.0494. The molecule has 3 nitrogen and oxygen atoms in total. The summed E-state index contributed by atoms with van der Waals surface area (Å²) in [5.74, 6) is 2.08. The van der Waals surface area contributed by atoms with Gasteiger partial charge < -0.3 is 10.5 Å². The van der Waals surface area contributed by atoms with Gasteiger partial charge in [0.2, 0.25) is 0 Å². The first kappa shape index (κ1) is 14.3. The van der Waals surface area contributed by atoms with E-state index >= 15 is 0 Å². The van der Waals surface area contributed by atoms with Gasteiger partial charge in [0.25, 0.3) is 0 Å². The van der Waals surface area contributed by atoms with E-state index in [4.69, 9.17) is 10.5 Å². The van der Waals surface area contributed by atoms with E-state index in [9.17, 15) is 0 Å². The van der Waals surface area contributed by atoms with Crippen LogP contribution in [0.2, 0.25) is 0 Å². The summed E-state index contributed by atoms with van der Waals surface area (Å²) in [6.07, 6.45) is 5.39. The maximum atomic E-state index is 6.42. The summed E-state index contributed by atoms with van der Waals surface area (Å²) in [4.78, 5) is 4.57. The van der Waals surface area contributed by atoms with Crippen LogP contribution in [0.15, 0.2) is 18.3 Å². The van der Waals surface area contributed by atoms with Crippen LogP contribution >= 0.6 is 0 Å². The SMILES string of the molecule is COc1cccnc1C(C)(C)C1CCC(C)CC1N. The van der Waals surface area contributed by atoms with E-state index in [-0.39, 0.29) is 11.5 Å². The normalized spacial score (nSPS) is 28.2. The molecule has 3 unspecified atom stereocenters. The largest absolute Gasteiger partial charge is 0.495 e. The molecule has 3 atom stereocenters. The van der Waals surface area contributed by atoms with Crippen molar-refractivity contribution in [2.75, 3.05) is 7.11 Å². The molecule has 0 aliphatic heterocycles. The van der Waals surface area contributed by atoms with Crippen molar-refractivity contribution >= 4 is 0 Å². The highest BCUT2D eigenvalue weighted by molar-refractivity contribution is 5.33. The predicted octanol–water partition coefficient (Wildman–Crippen LogP) is 3.13. The van der Waals surface area contributed by atoms with E-state index in [0.29, 0.717) is 5.92 Å². The van der Waals surface area contributed by atoms with E-state index in [1.54, 1.807) is 7.11 Å². The number of nitrogens with two attached hydrogens (primary N) is 1. The maximum absolute atomic E-state index is 6.42. The Morgan fingerprint density at radius 1 is 1.37 bits per heavy atom. The molecule has 0 aromatic carbocycles. The number of nitrogens with zero attached hydrogens (tertiary/aromatic N) is 1. The monoisotopic (exact) mass is 262 g/mol. The zero-order valence-electron chi connectivity index (χ0n) is 12.5. The standard InChI is InChI=1S/C16H26N2O/c1-11-7-8-12(13(17)10-11)16(2,3)15-14(19-4)6-5-9-18-15/h5-6,9,11-13H,7-8,10,17H2,1-4H3. The summed E-state index contributed by atoms with van der Waals surface area (Å²) in [6.45, 7) is 6.79. The highest BCUT2D eigenvalue weighted by Gasteiger charge is 2.40. The molecule has 0 radical (unpaired) electrons. The van der Waals surface area contributed by atoms with Crippen molar-refractivity contribution in [1.29, 1.82) is 0 Å². The number of hydrogen-bond donors (Lipinski definition) is 1. The van der Waals surface area contributed by atoms with Gasteiger partial charge in [-0.25, -0.2) is 0 Å². The lowest BCUT2D eigenvalue weighted by atomic mass is 9.65. The fourth-order valence-electron chi connectivity index (χ4n) is 3.54. The van der Waals surface area contributed by atoms with Crippen LogP contribution in [0.4, 0.5) is 0 Å². The van der Waals surface area contributed by atoms with E-state index in [1.807, 2.05) is 18.3 Å². The molecule has 2 rings (SSSR count). The Morgan fingerprint density at radius 3 is 2.74 bits per heavy atom. The van der Waals surface area contributed by atoms with Gasteiger partial charge in [0, 0.05) is 17.7 Å². The molecule has 1 aromatic heterocycles. The Bertz CT molecular complexity index is 431. The number of hydrogen-bond acceptors (Lipinski definition) is 3. The molecule has 2 N–H and O–H groups in total. The highest BCUT2D eigenvalue weighted by atomic mass is 16.5. The van der Waals surface area contributed by atoms with Crippen LogP contribution in [0.5, 0.6) is 5.75 Å². The third-order valence-corrected chi connectivity index (χ3v) is 4.69. The van der Waals surface area contributed by atoms with Gasteiger partial charge in [0.15, 0.2) is 0 Å². The molecule has 0 spiro atoms. The van der Waals surface area contributed by atoms with Crippen molar-refractivity contribution in [3.8, 4) is 5.75 Å². The van der Waals surface area contributed by atoms with Gasteiger partial charge >= 0.3 is 0 Å². The molecule has 1 saturated carbocycles. The first-order valence-corrected chi connectivity index (χ1v) is 7.22. The van der Waals surface area contributed by atoms with Crippen LogP contribution < -0.4 is 10.5 Å². The molecule has 1 fully saturated rings. The van der Waals surface area contributed by atoms with Gasteiger partial charge in [-0.3, -0.25) is 4.98 Å². The van der Waals surface area contributed by atoms with Crippen LogP contribution in [0.1, 0.15) is 45.7 Å². The molecule has 3 heteroatoms. The molecule has 1 aliphatic rings. The summed E-state index contributed by atoms with van der Waals surface area (Å²) >= 11 is 0. The number of rotatable bonds is 3. The molecular weight excluding hydrogens is 236 g/mol. The Kier molecular flexibility index (Phi) is 4.14. The molecule has 1 aromatic rings. The molecule has 0 amide bonds. The molecule has 19 heavy (non-hydrogen) atoms. The second-order valence-electron chi connectivity index (χ2n) is 6.46. The van der Waals surface area contributed by atoms with Crippen LogP contribution in [-0.4, -0.2) is 18.1 Å². The van der Waals surface area contributed by atoms with Gasteiger partial charge in [-0.2, -0.15) is 0 Å². The molecule has 0 saturated heterocycles. The molecule has 1 heterocycles. The van der Waals surface area contributed by atoms with Crippen molar-refractivity contribution in [2.24, 2.45) is 17.6 Å². The van der Waals surface area contributed by atoms with Crippen LogP contribution in [-0.2, 0) is 5.41 Å². The number of methoxy groups -OCH3 is 1. The van der Waals surface area contributed by atoms with Crippen LogP contribution in [0, 0.1) is 11.8 Å². The smallest absolute Gasteiger partial charge is 0.140 e. The summed E-state index contributed by atoms with van der Waals surface area (Å²) in [5, 5.41) is 0. The lowest BCUT2D eigenvalue weighted by Gasteiger charge is -2.42. The average Bonchev–Trinajstić information content (AvgIpc) is 2.38. The van der Waals surface area contributed by atoms with Gasteiger partial charge in [0.1, 0.15) is 5.75 Å². The van der Waals surface area contributed by atoms with Gasteiger partial charge in [-0.1, -0.05) is 27.2 Å². The summed E-state index contributed by atoms with van der Waals surface area (Å²) in [7, 11) is 1.71. The molecular formula is C16H26N2O. The lowest BCUT2D eigenvalue weighted by molar-refractivity contribution is 0.165. The Hall–Kier alpha value is -1.09. The number of ether oxygens (including phenoxy) is 1. The van der Waals surface area contributed by atoms with E-state index < -0.39 is 0 Å². The van der Waals surface area contributed by atoms with Crippen LogP contribution in [0.3, 0.4) is 0 Å². The Labute approximate surface area is 116 Å². The second kappa shape index (κ2) is 5.49. The van der Waals surface area contributed by atoms with Crippen molar-refractivity contribution in [3.05, 3.63) is 24.0 Å². The minimum absolute atomic E-state index is 0.0494. The summed E-state index contributed by atoms with van der Waals surface area (Å²) < 4.78 is 5.48. The fraction of sp³-hybridized carbons (Fsp3) is 0.688. The van der Waals surface area contributed by atoms with E-state index in [2.05, 4.69) is 25.8 Å². The van der Waals surface area contributed by atoms with E-state index in [0.717, 1.165) is 23.8 Å². The van der Waals surface area contributed by atoms with Crippen molar-refractivity contribution < 1.29 is 4.74 Å². The van der Waals surface area contributed by atoms with Crippen LogP contribution in [0.25, 0.3) is 0 Å². The molecule has 1 aliphatic carbocycles. The quantitative estimate of drug-likeness (QED) is 0.910. The zero-order valence-corrected chi connectivity index (χ0v) is 12.5. The first-order chi connectivity index (χ1) is 8.96. The van der Waals surface area contributed by atoms with Crippen molar-refractivity contribution in [3.63, 3.8) is 0 Å². The summed E-state index contributed by atoms with van der Waals surface area (Å²) in [6, 6.07) is 4.16. The second-order valence-corrected chi connectivity index (χ2v) is 6.46. The fourth-order valence-corrected chi connectivity index (χ4v) is 3.54. The minimum Gasteiger partial charge on any atom is -0.495 e. The summed E-state index contributed by atoms with van der Waals surface area (Å²) in [5.41, 5.74) is 7.40. The molecule has 0 bridgehead atoms. The Morgan fingerprint density at radius 2 is 2.11 bits per heavy atom. The van der Waals surface area contributed by atoms with E-state index in [1.165, 1.54) is 12.8 Å². The number of aromatic nitrogens is 1.